The Morgan fingerprint density at radius 2 is 1.88 bits per heavy atom. The van der Waals surface area contributed by atoms with Crippen LogP contribution in [0.3, 0.4) is 0 Å². The first-order valence-corrected chi connectivity index (χ1v) is 9.07. The number of benzene rings is 1. The van der Waals surface area contributed by atoms with Gasteiger partial charge >= 0.3 is 0 Å². The summed E-state index contributed by atoms with van der Waals surface area (Å²) in [6, 6.07) is 8.62. The molecule has 24 heavy (non-hydrogen) atoms. The largest absolute Gasteiger partial charge is 0.306 e. The Bertz CT molecular complexity index is 913. The second kappa shape index (κ2) is 7.21. The number of pyridine rings is 1. The maximum absolute atomic E-state index is 10.9. The molecule has 0 aliphatic carbocycles. The van der Waals surface area contributed by atoms with Crippen molar-refractivity contribution >= 4 is 45.9 Å². The van der Waals surface area contributed by atoms with Gasteiger partial charge in [-0.3, -0.25) is 4.57 Å². The van der Waals surface area contributed by atoms with Gasteiger partial charge in [-0.1, -0.05) is 46.9 Å². The number of nitrogens with zero attached hydrogens (tertiary/aromatic N) is 3. The van der Waals surface area contributed by atoms with Gasteiger partial charge in [0.05, 0.1) is 21.5 Å². The number of aromatic nitrogens is 3. The highest BCUT2D eigenvalue weighted by molar-refractivity contribution is 7.78. The zero-order valence-electron chi connectivity index (χ0n) is 12.0. The lowest BCUT2D eigenvalue weighted by atomic mass is 10.1. The standard InChI is InChI=1S/C15H10Cl3N3O2S/c16-11-3-2-10(5-12(11)17)14-15(18)20-8-21(14)13-4-1-9(6-19-13)7-24(22)23/h1-6,8H,7H2,(H,22,23). The van der Waals surface area contributed by atoms with E-state index in [1.165, 1.54) is 6.20 Å². The van der Waals surface area contributed by atoms with Crippen molar-refractivity contribution in [3.63, 3.8) is 0 Å². The van der Waals surface area contributed by atoms with E-state index in [1.54, 1.807) is 41.2 Å². The van der Waals surface area contributed by atoms with Crippen LogP contribution >= 0.6 is 34.8 Å². The van der Waals surface area contributed by atoms with Crippen LogP contribution in [-0.4, -0.2) is 23.3 Å². The van der Waals surface area contributed by atoms with Crippen molar-refractivity contribution in [2.45, 2.75) is 5.75 Å². The Balaban J connectivity index is 2.03. The van der Waals surface area contributed by atoms with Crippen LogP contribution in [0.4, 0.5) is 0 Å². The van der Waals surface area contributed by atoms with Crippen molar-refractivity contribution in [1.29, 1.82) is 0 Å². The van der Waals surface area contributed by atoms with Crippen LogP contribution in [0.1, 0.15) is 5.56 Å². The summed E-state index contributed by atoms with van der Waals surface area (Å²) in [7, 11) is 0. The van der Waals surface area contributed by atoms with Crippen LogP contribution in [-0.2, 0) is 16.8 Å². The fraction of sp³-hybridized carbons (Fsp3) is 0.0667. The smallest absolute Gasteiger partial charge is 0.157 e. The summed E-state index contributed by atoms with van der Waals surface area (Å²) >= 11 is 16.3. The van der Waals surface area contributed by atoms with Crippen molar-refractivity contribution in [2.24, 2.45) is 0 Å². The van der Waals surface area contributed by atoms with E-state index in [0.29, 0.717) is 32.3 Å². The number of rotatable bonds is 4. The predicted octanol–water partition coefficient (Wildman–Crippen LogP) is 4.62. The van der Waals surface area contributed by atoms with Gasteiger partial charge in [0.2, 0.25) is 0 Å². The van der Waals surface area contributed by atoms with Crippen LogP contribution in [0.2, 0.25) is 15.2 Å². The van der Waals surface area contributed by atoms with E-state index in [0.717, 1.165) is 5.56 Å². The third-order valence-electron chi connectivity index (χ3n) is 3.26. The number of imidazole rings is 1. The van der Waals surface area contributed by atoms with E-state index in [4.69, 9.17) is 39.4 Å². The Morgan fingerprint density at radius 3 is 2.50 bits per heavy atom. The van der Waals surface area contributed by atoms with Crippen molar-refractivity contribution in [3.8, 4) is 17.1 Å². The molecule has 5 nitrogen and oxygen atoms in total. The molecule has 1 unspecified atom stereocenters. The minimum Gasteiger partial charge on any atom is -0.306 e. The molecule has 3 aromatic rings. The van der Waals surface area contributed by atoms with Crippen LogP contribution in [0, 0.1) is 0 Å². The molecule has 9 heteroatoms. The van der Waals surface area contributed by atoms with E-state index in [9.17, 15) is 4.21 Å². The van der Waals surface area contributed by atoms with Gasteiger partial charge in [0.25, 0.3) is 0 Å². The van der Waals surface area contributed by atoms with E-state index in [1.807, 2.05) is 0 Å². The first-order valence-electron chi connectivity index (χ1n) is 6.66. The molecule has 0 fully saturated rings. The quantitative estimate of drug-likeness (QED) is 0.647. The zero-order chi connectivity index (χ0) is 17.3. The summed E-state index contributed by atoms with van der Waals surface area (Å²) in [6.07, 6.45) is 3.09. The molecule has 0 aliphatic heterocycles. The Labute approximate surface area is 155 Å². The molecule has 0 amide bonds. The van der Waals surface area contributed by atoms with Gasteiger partial charge in [-0.2, -0.15) is 0 Å². The van der Waals surface area contributed by atoms with Crippen molar-refractivity contribution in [2.75, 3.05) is 0 Å². The summed E-state index contributed by atoms with van der Waals surface area (Å²) < 4.78 is 21.5. The molecule has 0 spiro atoms. The zero-order valence-corrected chi connectivity index (χ0v) is 15.1. The summed E-state index contributed by atoms with van der Waals surface area (Å²) in [5.41, 5.74) is 2.03. The monoisotopic (exact) mass is 401 g/mol. The van der Waals surface area contributed by atoms with Crippen LogP contribution in [0.15, 0.2) is 42.9 Å². The molecule has 0 aliphatic rings. The number of halogens is 3. The van der Waals surface area contributed by atoms with E-state index < -0.39 is 11.1 Å². The molecular formula is C15H10Cl3N3O2S. The molecule has 0 saturated carbocycles. The first kappa shape index (κ1) is 17.4. The van der Waals surface area contributed by atoms with Crippen molar-refractivity contribution in [1.82, 2.24) is 14.5 Å². The molecule has 2 heterocycles. The van der Waals surface area contributed by atoms with Crippen molar-refractivity contribution in [3.05, 3.63) is 63.6 Å². The lowest BCUT2D eigenvalue weighted by Gasteiger charge is -2.09. The summed E-state index contributed by atoms with van der Waals surface area (Å²) in [5.74, 6) is 0.598. The molecule has 0 bridgehead atoms. The van der Waals surface area contributed by atoms with E-state index in [-0.39, 0.29) is 5.75 Å². The molecule has 3 rings (SSSR count). The lowest BCUT2D eigenvalue weighted by molar-refractivity contribution is 0.563. The van der Waals surface area contributed by atoms with Gasteiger partial charge in [-0.05, 0) is 23.8 Å². The maximum atomic E-state index is 10.9. The molecule has 124 valence electrons. The van der Waals surface area contributed by atoms with Gasteiger partial charge < -0.3 is 4.55 Å². The fourth-order valence-electron chi connectivity index (χ4n) is 2.19. The van der Waals surface area contributed by atoms with Crippen LogP contribution < -0.4 is 0 Å². The normalized spacial score (nSPS) is 12.3. The number of hydrogen-bond acceptors (Lipinski definition) is 3. The molecule has 0 radical (unpaired) electrons. The third-order valence-corrected chi connectivity index (χ3v) is 4.86. The highest BCUT2D eigenvalue weighted by Crippen LogP contribution is 2.33. The predicted molar refractivity (Wildman–Crippen MR) is 96.3 cm³/mol. The minimum absolute atomic E-state index is 0.0254. The molecule has 2 aromatic heterocycles. The minimum atomic E-state index is -1.91. The topological polar surface area (TPSA) is 68.0 Å². The van der Waals surface area contributed by atoms with Crippen LogP contribution in [0.25, 0.3) is 17.1 Å². The Hall–Kier alpha value is -1.44. The molecule has 1 atom stereocenters. The second-order valence-electron chi connectivity index (χ2n) is 4.87. The van der Waals surface area contributed by atoms with Crippen LogP contribution in [0.5, 0.6) is 0 Å². The average Bonchev–Trinajstić information content (AvgIpc) is 2.92. The van der Waals surface area contributed by atoms with E-state index >= 15 is 0 Å². The molecule has 1 N–H and O–H groups in total. The lowest BCUT2D eigenvalue weighted by Crippen LogP contribution is -2.00. The van der Waals surface area contributed by atoms with Gasteiger partial charge in [-0.25, -0.2) is 14.2 Å². The average molecular weight is 403 g/mol. The maximum Gasteiger partial charge on any atom is 0.157 e. The summed E-state index contributed by atoms with van der Waals surface area (Å²) in [6.45, 7) is 0. The van der Waals surface area contributed by atoms with Crippen molar-refractivity contribution < 1.29 is 8.76 Å². The highest BCUT2D eigenvalue weighted by atomic mass is 35.5. The van der Waals surface area contributed by atoms with Gasteiger partial charge in [0, 0.05) is 11.8 Å². The second-order valence-corrected chi connectivity index (χ2v) is 6.98. The number of hydrogen-bond donors (Lipinski definition) is 1. The molecule has 1 aromatic carbocycles. The summed E-state index contributed by atoms with van der Waals surface area (Å²) in [4.78, 5) is 8.42. The van der Waals surface area contributed by atoms with Gasteiger partial charge in [0.15, 0.2) is 16.2 Å². The third kappa shape index (κ3) is 3.63. The summed E-state index contributed by atoms with van der Waals surface area (Å²) in [5, 5.41) is 1.16. The SMILES string of the molecule is O=S(O)Cc1ccc(-n2cnc(Cl)c2-c2ccc(Cl)c(Cl)c2)nc1. The van der Waals surface area contributed by atoms with Gasteiger partial charge in [0.1, 0.15) is 12.1 Å². The molecular weight excluding hydrogens is 393 g/mol. The first-order chi connectivity index (χ1) is 11.5. The Kier molecular flexibility index (Phi) is 5.22. The van der Waals surface area contributed by atoms with E-state index in [2.05, 4.69) is 9.97 Å². The highest BCUT2D eigenvalue weighted by Gasteiger charge is 2.15. The fourth-order valence-corrected chi connectivity index (χ4v) is 3.19. The van der Waals surface area contributed by atoms with Gasteiger partial charge in [-0.15, -0.1) is 0 Å². The molecule has 0 saturated heterocycles. The Morgan fingerprint density at radius 1 is 1.08 bits per heavy atom.